The van der Waals surface area contributed by atoms with Crippen LogP contribution in [-0.4, -0.2) is 61.6 Å². The number of amides is 1. The molecule has 26 heavy (non-hydrogen) atoms. The van der Waals surface area contributed by atoms with E-state index >= 15 is 0 Å². The number of fused-ring (bicyclic) bond motifs is 2. The van der Waals surface area contributed by atoms with Crippen LogP contribution in [0.1, 0.15) is 51.4 Å². The second-order valence-electron chi connectivity index (χ2n) is 9.04. The van der Waals surface area contributed by atoms with E-state index in [9.17, 15) is 4.79 Å². The fourth-order valence-corrected chi connectivity index (χ4v) is 5.56. The van der Waals surface area contributed by atoms with Gasteiger partial charge in [0.15, 0.2) is 0 Å². The van der Waals surface area contributed by atoms with Crippen molar-refractivity contribution in [3.8, 4) is 0 Å². The van der Waals surface area contributed by atoms with Gasteiger partial charge in [0.1, 0.15) is 0 Å². The van der Waals surface area contributed by atoms with Crippen LogP contribution >= 0.6 is 0 Å². The van der Waals surface area contributed by atoms with Gasteiger partial charge in [-0.3, -0.25) is 9.69 Å². The summed E-state index contributed by atoms with van der Waals surface area (Å²) in [5.41, 5.74) is 0. The maximum absolute atomic E-state index is 13.1. The molecule has 3 aliphatic carbocycles. The third-order valence-corrected chi connectivity index (χ3v) is 7.20. The van der Waals surface area contributed by atoms with Crippen molar-refractivity contribution in [3.05, 3.63) is 12.2 Å². The van der Waals surface area contributed by atoms with Gasteiger partial charge in [-0.25, -0.2) is 0 Å². The van der Waals surface area contributed by atoms with E-state index in [2.05, 4.69) is 22.0 Å². The Hall–Kier alpha value is -0.870. The monoisotopic (exact) mass is 360 g/mol. The Kier molecular flexibility index (Phi) is 6.31. The Morgan fingerprint density at radius 3 is 2.58 bits per heavy atom. The summed E-state index contributed by atoms with van der Waals surface area (Å²) in [5.74, 6) is 3.29. The molecule has 4 rings (SSSR count). The highest BCUT2D eigenvalue weighted by Crippen LogP contribution is 2.43. The molecule has 0 spiro atoms. The predicted octanol–water partition coefficient (Wildman–Crippen LogP) is 3.33. The van der Waals surface area contributed by atoms with E-state index in [1.807, 2.05) is 0 Å². The van der Waals surface area contributed by atoms with Crippen LogP contribution in [-0.2, 0) is 9.53 Å². The Bertz CT molecular complexity index is 494. The minimum absolute atomic E-state index is 0.428. The number of ether oxygens (including phenoxy) is 1. The maximum atomic E-state index is 13.1. The number of carbonyl (C=O) groups is 1. The molecule has 0 radical (unpaired) electrons. The third-order valence-electron chi connectivity index (χ3n) is 7.20. The summed E-state index contributed by atoms with van der Waals surface area (Å²) in [6.07, 6.45) is 14.8. The summed E-state index contributed by atoms with van der Waals surface area (Å²) in [7, 11) is 0. The fourth-order valence-electron chi connectivity index (χ4n) is 5.56. The lowest BCUT2D eigenvalue weighted by molar-refractivity contribution is -0.133. The molecule has 4 nitrogen and oxygen atoms in total. The van der Waals surface area contributed by atoms with Crippen molar-refractivity contribution in [2.45, 2.75) is 51.4 Å². The summed E-state index contributed by atoms with van der Waals surface area (Å²) in [6, 6.07) is 0. The van der Waals surface area contributed by atoms with Gasteiger partial charge in [0.25, 0.3) is 0 Å². The zero-order valence-corrected chi connectivity index (χ0v) is 16.3. The SMILES string of the molecule is O=C(CC1CCCCC1)N(CCN1CCOCC1)C[C@H]1C[C@H]2C=C[C@@H]1C2. The van der Waals surface area contributed by atoms with E-state index in [4.69, 9.17) is 4.74 Å². The summed E-state index contributed by atoms with van der Waals surface area (Å²) in [5, 5.41) is 0. The minimum atomic E-state index is 0.428. The van der Waals surface area contributed by atoms with E-state index in [0.29, 0.717) is 17.7 Å². The van der Waals surface area contributed by atoms with Crippen molar-refractivity contribution in [1.29, 1.82) is 0 Å². The molecule has 1 saturated heterocycles. The molecule has 1 heterocycles. The molecular weight excluding hydrogens is 324 g/mol. The first-order valence-electron chi connectivity index (χ1n) is 11.0. The topological polar surface area (TPSA) is 32.8 Å². The minimum Gasteiger partial charge on any atom is -0.379 e. The van der Waals surface area contributed by atoms with Crippen molar-refractivity contribution in [3.63, 3.8) is 0 Å². The lowest BCUT2D eigenvalue weighted by Crippen LogP contribution is -2.45. The summed E-state index contributed by atoms with van der Waals surface area (Å²) < 4.78 is 5.47. The number of morpholine rings is 1. The van der Waals surface area contributed by atoms with Gasteiger partial charge in [-0.05, 0) is 49.4 Å². The van der Waals surface area contributed by atoms with Crippen LogP contribution < -0.4 is 0 Å². The summed E-state index contributed by atoms with van der Waals surface area (Å²) >= 11 is 0. The number of carbonyl (C=O) groups excluding carboxylic acids is 1. The van der Waals surface area contributed by atoms with E-state index in [1.54, 1.807) is 0 Å². The van der Waals surface area contributed by atoms with Crippen LogP contribution in [0.2, 0.25) is 0 Å². The first-order chi connectivity index (χ1) is 12.8. The molecule has 3 fully saturated rings. The first-order valence-corrected chi connectivity index (χ1v) is 11.0. The molecule has 0 aromatic heterocycles. The van der Waals surface area contributed by atoms with Crippen molar-refractivity contribution in [2.24, 2.45) is 23.7 Å². The number of rotatable bonds is 7. The number of allylic oxidation sites excluding steroid dienone is 2. The molecule has 4 heteroatoms. The normalized spacial score (nSPS) is 32.2. The quantitative estimate of drug-likeness (QED) is 0.653. The molecule has 0 aromatic rings. The molecule has 0 aromatic carbocycles. The van der Waals surface area contributed by atoms with Crippen LogP contribution in [0.5, 0.6) is 0 Å². The van der Waals surface area contributed by atoms with Gasteiger partial charge in [-0.1, -0.05) is 31.4 Å². The molecule has 3 atom stereocenters. The fraction of sp³-hybridized carbons (Fsp3) is 0.864. The average molecular weight is 361 g/mol. The molecule has 0 unspecified atom stereocenters. The average Bonchev–Trinajstić information content (AvgIpc) is 3.30. The Balaban J connectivity index is 1.33. The smallest absolute Gasteiger partial charge is 0.222 e. The van der Waals surface area contributed by atoms with Crippen molar-refractivity contribution >= 4 is 5.91 Å². The lowest BCUT2D eigenvalue weighted by atomic mass is 9.86. The highest BCUT2D eigenvalue weighted by molar-refractivity contribution is 5.76. The molecule has 4 aliphatic rings. The Morgan fingerprint density at radius 2 is 1.88 bits per heavy atom. The van der Waals surface area contributed by atoms with Crippen LogP contribution in [0.3, 0.4) is 0 Å². The van der Waals surface area contributed by atoms with Crippen LogP contribution in [0, 0.1) is 23.7 Å². The van der Waals surface area contributed by atoms with Gasteiger partial charge in [-0.2, -0.15) is 0 Å². The molecule has 2 saturated carbocycles. The third kappa shape index (κ3) is 4.69. The number of hydrogen-bond acceptors (Lipinski definition) is 3. The Labute approximate surface area is 158 Å². The molecule has 2 bridgehead atoms. The van der Waals surface area contributed by atoms with Gasteiger partial charge in [0, 0.05) is 39.1 Å². The van der Waals surface area contributed by atoms with E-state index in [1.165, 1.54) is 44.9 Å². The van der Waals surface area contributed by atoms with E-state index in [0.717, 1.165) is 64.2 Å². The second-order valence-corrected chi connectivity index (χ2v) is 9.04. The first kappa shape index (κ1) is 18.5. The van der Waals surface area contributed by atoms with Crippen LogP contribution in [0.25, 0.3) is 0 Å². The number of nitrogens with zero attached hydrogens (tertiary/aromatic N) is 2. The largest absolute Gasteiger partial charge is 0.379 e. The van der Waals surface area contributed by atoms with Crippen LogP contribution in [0.4, 0.5) is 0 Å². The molecular formula is C22H36N2O2. The van der Waals surface area contributed by atoms with Gasteiger partial charge in [0.2, 0.25) is 5.91 Å². The second kappa shape index (κ2) is 8.88. The lowest BCUT2D eigenvalue weighted by Gasteiger charge is -2.33. The molecule has 1 aliphatic heterocycles. The maximum Gasteiger partial charge on any atom is 0.222 e. The van der Waals surface area contributed by atoms with Gasteiger partial charge in [0.05, 0.1) is 13.2 Å². The zero-order valence-electron chi connectivity index (χ0n) is 16.3. The van der Waals surface area contributed by atoms with Gasteiger partial charge < -0.3 is 9.64 Å². The highest BCUT2D eigenvalue weighted by Gasteiger charge is 2.37. The number of hydrogen-bond donors (Lipinski definition) is 0. The van der Waals surface area contributed by atoms with Crippen molar-refractivity contribution in [1.82, 2.24) is 9.80 Å². The predicted molar refractivity (Wildman–Crippen MR) is 104 cm³/mol. The summed E-state index contributed by atoms with van der Waals surface area (Å²) in [4.78, 5) is 17.8. The molecule has 0 N–H and O–H groups in total. The van der Waals surface area contributed by atoms with Crippen LogP contribution in [0.15, 0.2) is 12.2 Å². The standard InChI is InChI=1S/C22H36N2O2/c25-22(16-18-4-2-1-3-5-18)24(9-8-23-10-12-26-13-11-23)17-21-15-19-6-7-20(21)14-19/h6-7,18-21H,1-5,8-17H2/t19-,20+,21+/m0/s1. The van der Waals surface area contributed by atoms with Gasteiger partial charge in [-0.15, -0.1) is 0 Å². The molecule has 146 valence electrons. The highest BCUT2D eigenvalue weighted by atomic mass is 16.5. The Morgan fingerprint density at radius 1 is 1.08 bits per heavy atom. The van der Waals surface area contributed by atoms with Crippen molar-refractivity contribution < 1.29 is 9.53 Å². The van der Waals surface area contributed by atoms with Crippen molar-refractivity contribution in [2.75, 3.05) is 45.9 Å². The van der Waals surface area contributed by atoms with E-state index < -0.39 is 0 Å². The van der Waals surface area contributed by atoms with Gasteiger partial charge >= 0.3 is 0 Å². The summed E-state index contributed by atoms with van der Waals surface area (Å²) in [6.45, 7) is 6.62. The zero-order chi connectivity index (χ0) is 17.8. The van der Waals surface area contributed by atoms with E-state index in [-0.39, 0.29) is 0 Å². The molecule has 1 amide bonds.